The van der Waals surface area contributed by atoms with E-state index >= 15 is 0 Å². The topological polar surface area (TPSA) is 82.6 Å². The lowest BCUT2D eigenvalue weighted by atomic mass is 9.81. The van der Waals surface area contributed by atoms with Crippen LogP contribution in [-0.2, 0) is 14.8 Å². The number of nitrogens with zero attached hydrogens (tertiary/aromatic N) is 3. The van der Waals surface area contributed by atoms with Crippen LogP contribution in [0, 0.1) is 12.3 Å². The van der Waals surface area contributed by atoms with Gasteiger partial charge in [-0.2, -0.15) is 4.31 Å². The van der Waals surface area contributed by atoms with Crippen molar-refractivity contribution in [2.45, 2.75) is 102 Å². The molecule has 2 saturated carbocycles. The molecule has 0 aromatic carbocycles. The van der Waals surface area contributed by atoms with E-state index in [1.54, 1.807) is 12.1 Å². The molecule has 4 rings (SSSR count). The third kappa shape index (κ3) is 4.28. The third-order valence-corrected chi connectivity index (χ3v) is 9.60. The molecule has 178 valence electrons. The highest BCUT2D eigenvalue weighted by Crippen LogP contribution is 2.56. The Bertz CT molecular complexity index is 958. The molecule has 1 N–H and O–H groups in total. The molecule has 1 spiro atoms. The lowest BCUT2D eigenvalue weighted by Crippen LogP contribution is -2.51. The number of carbonyl (C=O) groups is 1. The Labute approximate surface area is 193 Å². The van der Waals surface area contributed by atoms with Crippen molar-refractivity contribution in [3.8, 4) is 0 Å². The lowest BCUT2D eigenvalue weighted by molar-refractivity contribution is -0.125. The summed E-state index contributed by atoms with van der Waals surface area (Å²) < 4.78 is 29.1. The number of amides is 1. The minimum Gasteiger partial charge on any atom is -0.353 e. The Morgan fingerprint density at radius 2 is 1.97 bits per heavy atom. The molecule has 0 bridgehead atoms. The van der Waals surface area contributed by atoms with Gasteiger partial charge < -0.3 is 10.2 Å². The lowest BCUT2D eigenvalue weighted by Gasteiger charge is -2.34. The number of anilines is 1. The summed E-state index contributed by atoms with van der Waals surface area (Å²) >= 11 is 0. The molecule has 1 aromatic heterocycles. The van der Waals surface area contributed by atoms with Crippen molar-refractivity contribution in [2.24, 2.45) is 5.41 Å². The number of sulfonamides is 1. The highest BCUT2D eigenvalue weighted by Gasteiger charge is 2.51. The fourth-order valence-corrected chi connectivity index (χ4v) is 7.46. The van der Waals surface area contributed by atoms with Crippen molar-refractivity contribution in [1.82, 2.24) is 14.6 Å². The van der Waals surface area contributed by atoms with Crippen molar-refractivity contribution in [3.63, 3.8) is 0 Å². The van der Waals surface area contributed by atoms with Crippen molar-refractivity contribution in [1.29, 1.82) is 0 Å². The number of hydrogen-bond donors (Lipinski definition) is 1. The van der Waals surface area contributed by atoms with Gasteiger partial charge in [-0.15, -0.1) is 0 Å². The summed E-state index contributed by atoms with van der Waals surface area (Å²) in [5.74, 6) is 0.361. The van der Waals surface area contributed by atoms with E-state index in [4.69, 9.17) is 0 Å². The van der Waals surface area contributed by atoms with Crippen molar-refractivity contribution >= 4 is 21.7 Å². The molecule has 0 radical (unpaired) electrons. The van der Waals surface area contributed by atoms with E-state index in [-0.39, 0.29) is 28.3 Å². The number of carbonyl (C=O) groups excluding carboxylic acids is 1. The molecule has 7 nitrogen and oxygen atoms in total. The number of rotatable bonds is 7. The quantitative estimate of drug-likeness (QED) is 0.669. The van der Waals surface area contributed by atoms with E-state index in [1.165, 1.54) is 30.0 Å². The first kappa shape index (κ1) is 23.5. The van der Waals surface area contributed by atoms with Gasteiger partial charge in [-0.3, -0.25) is 4.79 Å². The zero-order valence-electron chi connectivity index (χ0n) is 19.9. The number of hydrogen-bond acceptors (Lipinski definition) is 5. The standard InChI is InChI=1S/C24H38N4O3S/c1-5-27(17(2)3)22-20(12-11-18(4)25-22)32(30,31)28-16-8-9-19(28)23(29)26-21-10-6-7-13-24(21)14-15-24/h11-12,17,19,21H,5-10,13-16H2,1-4H3,(H,26,29)/t19-,21+/m0/s1. The SMILES string of the molecule is CCN(c1nc(C)ccc1S(=O)(=O)N1CCC[C@H]1C(=O)N[C@@H]1CCCCC12CC2)C(C)C. The number of pyridine rings is 1. The maximum atomic E-state index is 13.8. The average molecular weight is 463 g/mol. The second-order valence-corrected chi connectivity index (χ2v) is 12.0. The molecule has 2 aliphatic carbocycles. The van der Waals surface area contributed by atoms with Crippen LogP contribution in [0.15, 0.2) is 17.0 Å². The molecule has 2 atom stereocenters. The Kier molecular flexibility index (Phi) is 6.56. The van der Waals surface area contributed by atoms with Crippen LogP contribution in [0.4, 0.5) is 5.82 Å². The summed E-state index contributed by atoms with van der Waals surface area (Å²) in [5, 5.41) is 3.27. The molecule has 3 fully saturated rings. The molecule has 32 heavy (non-hydrogen) atoms. The van der Waals surface area contributed by atoms with Crippen molar-refractivity contribution < 1.29 is 13.2 Å². The largest absolute Gasteiger partial charge is 0.353 e. The molecule has 3 aliphatic rings. The van der Waals surface area contributed by atoms with E-state index in [1.807, 2.05) is 32.6 Å². The Hall–Kier alpha value is -1.67. The van der Waals surface area contributed by atoms with Gasteiger partial charge in [-0.25, -0.2) is 13.4 Å². The van der Waals surface area contributed by atoms with Gasteiger partial charge >= 0.3 is 0 Å². The average Bonchev–Trinajstić information content (AvgIpc) is 3.31. The third-order valence-electron chi connectivity index (χ3n) is 7.67. The maximum absolute atomic E-state index is 13.8. The van der Waals surface area contributed by atoms with Crippen LogP contribution in [0.2, 0.25) is 0 Å². The second kappa shape index (κ2) is 8.93. The minimum atomic E-state index is -3.85. The first-order valence-corrected chi connectivity index (χ1v) is 13.7. The summed E-state index contributed by atoms with van der Waals surface area (Å²) in [6.07, 6.45) is 8.21. The number of aryl methyl sites for hydroxylation is 1. The van der Waals surface area contributed by atoms with Gasteiger partial charge in [0.15, 0.2) is 0 Å². The van der Waals surface area contributed by atoms with Crippen LogP contribution in [0.25, 0.3) is 0 Å². The highest BCUT2D eigenvalue weighted by atomic mass is 32.2. The summed E-state index contributed by atoms with van der Waals surface area (Å²) in [7, 11) is -3.85. The Morgan fingerprint density at radius 1 is 1.22 bits per heavy atom. The first-order chi connectivity index (χ1) is 15.2. The molecule has 0 unspecified atom stereocenters. The molecular formula is C24H38N4O3S. The van der Waals surface area contributed by atoms with Crippen LogP contribution in [0.5, 0.6) is 0 Å². The van der Waals surface area contributed by atoms with Gasteiger partial charge in [0.05, 0.1) is 0 Å². The first-order valence-electron chi connectivity index (χ1n) is 12.3. The molecule has 1 amide bonds. The van der Waals surface area contributed by atoms with Crippen LogP contribution in [0.3, 0.4) is 0 Å². The van der Waals surface area contributed by atoms with Crippen LogP contribution in [-0.4, -0.2) is 54.8 Å². The van der Waals surface area contributed by atoms with Crippen LogP contribution >= 0.6 is 0 Å². The molecular weight excluding hydrogens is 424 g/mol. The fourth-order valence-electron chi connectivity index (χ4n) is 5.67. The van der Waals surface area contributed by atoms with Crippen LogP contribution < -0.4 is 10.2 Å². The van der Waals surface area contributed by atoms with Crippen molar-refractivity contribution in [3.05, 3.63) is 17.8 Å². The van der Waals surface area contributed by atoms with E-state index in [9.17, 15) is 13.2 Å². The zero-order chi connectivity index (χ0) is 23.1. The number of nitrogens with one attached hydrogen (secondary N) is 1. The van der Waals surface area contributed by atoms with Gasteiger partial charge in [0.25, 0.3) is 0 Å². The minimum absolute atomic E-state index is 0.113. The summed E-state index contributed by atoms with van der Waals surface area (Å²) in [4.78, 5) is 20.1. The molecule has 1 saturated heterocycles. The number of aromatic nitrogens is 1. The van der Waals surface area contributed by atoms with Crippen LogP contribution in [0.1, 0.15) is 77.8 Å². The predicted molar refractivity (Wildman–Crippen MR) is 126 cm³/mol. The molecule has 2 heterocycles. The molecule has 1 aromatic rings. The van der Waals surface area contributed by atoms with Gasteiger partial charge in [0.2, 0.25) is 15.9 Å². The Morgan fingerprint density at radius 3 is 2.62 bits per heavy atom. The Balaban J connectivity index is 1.60. The summed E-state index contributed by atoms with van der Waals surface area (Å²) in [6.45, 7) is 8.98. The summed E-state index contributed by atoms with van der Waals surface area (Å²) in [5.41, 5.74) is 1.06. The predicted octanol–water partition coefficient (Wildman–Crippen LogP) is 3.62. The van der Waals surface area contributed by atoms with Crippen molar-refractivity contribution in [2.75, 3.05) is 18.0 Å². The van der Waals surface area contributed by atoms with Gasteiger partial charge in [-0.1, -0.05) is 12.8 Å². The monoisotopic (exact) mass is 462 g/mol. The van der Waals surface area contributed by atoms with E-state index in [2.05, 4.69) is 10.3 Å². The summed E-state index contributed by atoms with van der Waals surface area (Å²) in [6, 6.07) is 3.07. The molecule has 8 heteroatoms. The van der Waals surface area contributed by atoms with E-state index in [0.29, 0.717) is 31.7 Å². The normalized spacial score (nSPS) is 25.3. The van der Waals surface area contributed by atoms with Gasteiger partial charge in [0, 0.05) is 30.9 Å². The van der Waals surface area contributed by atoms with Gasteiger partial charge in [0.1, 0.15) is 16.8 Å². The fraction of sp³-hybridized carbons (Fsp3) is 0.750. The van der Waals surface area contributed by atoms with Gasteiger partial charge in [-0.05, 0) is 83.8 Å². The van der Waals surface area contributed by atoms with E-state index in [0.717, 1.165) is 18.5 Å². The smallest absolute Gasteiger partial charge is 0.247 e. The highest BCUT2D eigenvalue weighted by molar-refractivity contribution is 7.89. The maximum Gasteiger partial charge on any atom is 0.247 e. The second-order valence-electron chi connectivity index (χ2n) is 10.1. The zero-order valence-corrected chi connectivity index (χ0v) is 20.7. The van der Waals surface area contributed by atoms with E-state index < -0.39 is 16.1 Å². The molecule has 1 aliphatic heterocycles.